The van der Waals surface area contributed by atoms with Crippen molar-refractivity contribution in [1.82, 2.24) is 31.9 Å². The lowest BCUT2D eigenvalue weighted by Gasteiger charge is -2.24. The fraction of sp³-hybridized carbons (Fsp3) is 0.767. The normalized spacial score (nSPS) is 20.4. The lowest BCUT2D eigenvalue weighted by atomic mass is 10.0. The minimum Gasteiger partial charge on any atom is -0.469 e. The number of amides is 6. The van der Waals surface area contributed by atoms with Crippen LogP contribution in [0.3, 0.4) is 0 Å². The van der Waals surface area contributed by atoms with Gasteiger partial charge in [0.15, 0.2) is 5.78 Å². The van der Waals surface area contributed by atoms with Crippen LogP contribution in [0.4, 0.5) is 9.18 Å². The first-order valence-electron chi connectivity index (χ1n) is 15.9. The number of Topliss-reactive ketones (excluding diaryl/α,β-unsaturated/α-hetero) is 1. The number of carbonyl (C=O) groups is 7. The second kappa shape index (κ2) is 19.9. The maximum absolute atomic E-state index is 12.9. The van der Waals surface area contributed by atoms with E-state index in [0.29, 0.717) is 37.5 Å². The lowest BCUT2D eigenvalue weighted by Crippen LogP contribution is -2.56. The first-order chi connectivity index (χ1) is 21.9. The first-order valence-corrected chi connectivity index (χ1v) is 16.9. The number of esters is 1. The highest BCUT2D eigenvalue weighted by molar-refractivity contribution is 8.00. The molecule has 6 atom stereocenters. The van der Waals surface area contributed by atoms with Crippen LogP contribution in [0, 0.1) is 5.92 Å². The van der Waals surface area contributed by atoms with Crippen molar-refractivity contribution < 1.29 is 42.7 Å². The van der Waals surface area contributed by atoms with Gasteiger partial charge < -0.3 is 36.6 Å². The van der Waals surface area contributed by atoms with Gasteiger partial charge in [-0.1, -0.05) is 26.7 Å². The summed E-state index contributed by atoms with van der Waals surface area (Å²) in [5, 5.41) is 16.6. The zero-order chi connectivity index (χ0) is 34.2. The summed E-state index contributed by atoms with van der Waals surface area (Å²) in [6.45, 7) is 3.95. The number of alkyl halides is 1. The molecule has 0 aliphatic carbocycles. The molecule has 2 saturated heterocycles. The number of halogens is 1. The minimum atomic E-state index is -1.44. The summed E-state index contributed by atoms with van der Waals surface area (Å²) in [7, 11) is 1.09. The second-order valence-electron chi connectivity index (χ2n) is 12.0. The summed E-state index contributed by atoms with van der Waals surface area (Å²) in [6.07, 6.45) is 4.70. The third-order valence-corrected chi connectivity index (χ3v) is 9.45. The lowest BCUT2D eigenvalue weighted by molar-refractivity contribution is -0.143. The van der Waals surface area contributed by atoms with Crippen LogP contribution in [0.5, 0.6) is 0 Å². The van der Waals surface area contributed by atoms with Crippen molar-refractivity contribution in [1.29, 1.82) is 0 Å². The standard InChI is InChI=1S/C30H49FN6O8S/c1-17(2)26(29(43)33-18(3)28(42)34-19(21(38)15-31)14-25(41)45-4)36-24(40)12-6-5-9-13-32-23(39)11-8-7-10-22-27-20(16-46-22)35-30(44)37-27/h17-20,22,26-27H,5-16H2,1-4H3,(H,32,39)(H,33,43)(H,34,42)(H,36,40)(H2,35,37,44)/t18-,19-,20-,22-,26-,27-/m1/s1. The van der Waals surface area contributed by atoms with Crippen LogP contribution in [0.1, 0.15) is 78.6 Å². The quantitative estimate of drug-likeness (QED) is 0.0575. The van der Waals surface area contributed by atoms with Crippen molar-refractivity contribution in [2.45, 2.75) is 114 Å². The Bertz CT molecular complexity index is 1100. The minimum absolute atomic E-state index is 0.00720. The predicted molar refractivity (Wildman–Crippen MR) is 169 cm³/mol. The Morgan fingerprint density at radius 3 is 2.28 bits per heavy atom. The first kappa shape index (κ1) is 38.8. The van der Waals surface area contributed by atoms with Gasteiger partial charge in [0.1, 0.15) is 24.8 Å². The SMILES string of the molecule is COC(=O)C[C@@H](NC(=O)[C@@H](C)NC(=O)[C@H](NC(=O)CCCCCNC(=O)CCCC[C@H]1SC[C@H]2NC(=O)N[C@H]21)C(C)C)C(=O)CF. The molecule has 2 fully saturated rings. The third-order valence-electron chi connectivity index (χ3n) is 7.94. The smallest absolute Gasteiger partial charge is 0.315 e. The summed E-state index contributed by atoms with van der Waals surface area (Å²) in [5.74, 6) is -2.95. The van der Waals surface area contributed by atoms with E-state index in [9.17, 15) is 38.0 Å². The fourth-order valence-electron chi connectivity index (χ4n) is 5.21. The van der Waals surface area contributed by atoms with Gasteiger partial charge in [0.25, 0.3) is 0 Å². The highest BCUT2D eigenvalue weighted by Crippen LogP contribution is 2.33. The van der Waals surface area contributed by atoms with Crippen molar-refractivity contribution in [3.8, 4) is 0 Å². The van der Waals surface area contributed by atoms with Gasteiger partial charge in [-0.15, -0.1) is 0 Å². The van der Waals surface area contributed by atoms with Crippen LogP contribution in [0.25, 0.3) is 0 Å². The molecule has 16 heteroatoms. The van der Waals surface area contributed by atoms with Crippen molar-refractivity contribution in [3.05, 3.63) is 0 Å². The number of thioether (sulfide) groups is 1. The Kier molecular flexibility index (Phi) is 16.8. The number of methoxy groups -OCH3 is 1. The van der Waals surface area contributed by atoms with Crippen molar-refractivity contribution >= 4 is 53.2 Å². The summed E-state index contributed by atoms with van der Waals surface area (Å²) in [6, 6.07) is -3.22. The third kappa shape index (κ3) is 13.1. The zero-order valence-electron chi connectivity index (χ0n) is 27.1. The molecule has 2 heterocycles. The summed E-state index contributed by atoms with van der Waals surface area (Å²) >= 11 is 1.86. The van der Waals surface area contributed by atoms with E-state index in [4.69, 9.17) is 0 Å². The van der Waals surface area contributed by atoms with Crippen LogP contribution >= 0.6 is 11.8 Å². The van der Waals surface area contributed by atoms with Gasteiger partial charge in [0, 0.05) is 30.4 Å². The molecule has 6 amide bonds. The summed E-state index contributed by atoms with van der Waals surface area (Å²) < 4.78 is 17.4. The molecule has 0 aromatic rings. The Hall–Kier alpha value is -3.43. The largest absolute Gasteiger partial charge is 0.469 e. The number of carbonyl (C=O) groups excluding carboxylic acids is 7. The van der Waals surface area contributed by atoms with Gasteiger partial charge in [0.2, 0.25) is 23.6 Å². The van der Waals surface area contributed by atoms with Crippen LogP contribution < -0.4 is 31.9 Å². The molecule has 2 aliphatic rings. The molecule has 6 N–H and O–H groups in total. The number of rotatable bonds is 21. The van der Waals surface area contributed by atoms with Crippen LogP contribution in [0.2, 0.25) is 0 Å². The number of fused-ring (bicyclic) bond motifs is 1. The van der Waals surface area contributed by atoms with E-state index in [0.717, 1.165) is 32.1 Å². The Morgan fingerprint density at radius 2 is 1.61 bits per heavy atom. The van der Waals surface area contributed by atoms with E-state index in [1.165, 1.54) is 6.92 Å². The molecule has 0 bridgehead atoms. The van der Waals surface area contributed by atoms with Crippen LogP contribution in [0.15, 0.2) is 0 Å². The molecule has 0 aromatic heterocycles. The molecular formula is C30H49FN6O8S. The van der Waals surface area contributed by atoms with E-state index in [1.807, 2.05) is 11.8 Å². The fourth-order valence-corrected chi connectivity index (χ4v) is 6.76. The van der Waals surface area contributed by atoms with Crippen molar-refractivity contribution in [2.24, 2.45) is 5.92 Å². The highest BCUT2D eigenvalue weighted by Gasteiger charge is 2.42. The number of ketones is 1. The van der Waals surface area contributed by atoms with E-state index in [1.54, 1.807) is 13.8 Å². The molecule has 14 nitrogen and oxygen atoms in total. The number of urea groups is 1. The molecule has 2 aliphatic heterocycles. The van der Waals surface area contributed by atoms with E-state index >= 15 is 0 Å². The van der Waals surface area contributed by atoms with Crippen molar-refractivity contribution in [2.75, 3.05) is 26.1 Å². The topological polar surface area (TPSA) is 201 Å². The van der Waals surface area contributed by atoms with E-state index < -0.39 is 54.8 Å². The number of hydrogen-bond donors (Lipinski definition) is 6. The Balaban J connectivity index is 1.61. The van der Waals surface area contributed by atoms with Gasteiger partial charge >= 0.3 is 12.0 Å². The predicted octanol–water partition coefficient (Wildman–Crippen LogP) is 0.621. The molecule has 0 saturated carbocycles. The molecule has 0 spiro atoms. The van der Waals surface area contributed by atoms with Gasteiger partial charge in [-0.25, -0.2) is 9.18 Å². The van der Waals surface area contributed by atoms with Gasteiger partial charge in [-0.2, -0.15) is 11.8 Å². The molecule has 2 rings (SSSR count). The zero-order valence-corrected chi connectivity index (χ0v) is 27.9. The Morgan fingerprint density at radius 1 is 0.913 bits per heavy atom. The molecular weight excluding hydrogens is 623 g/mol. The highest BCUT2D eigenvalue weighted by atomic mass is 32.2. The second-order valence-corrected chi connectivity index (χ2v) is 13.3. The van der Waals surface area contributed by atoms with Gasteiger partial charge in [0.05, 0.1) is 25.6 Å². The van der Waals surface area contributed by atoms with Crippen molar-refractivity contribution in [3.63, 3.8) is 0 Å². The van der Waals surface area contributed by atoms with Crippen LogP contribution in [-0.2, 0) is 33.5 Å². The number of ether oxygens (including phenoxy) is 1. The van der Waals surface area contributed by atoms with Gasteiger partial charge in [-0.05, 0) is 38.5 Å². The maximum Gasteiger partial charge on any atom is 0.315 e. The summed E-state index contributed by atoms with van der Waals surface area (Å²) in [4.78, 5) is 84.9. The molecule has 0 aromatic carbocycles. The molecule has 0 unspecified atom stereocenters. The maximum atomic E-state index is 12.9. The summed E-state index contributed by atoms with van der Waals surface area (Å²) in [5.41, 5.74) is 0. The van der Waals surface area contributed by atoms with E-state index in [-0.39, 0.29) is 42.3 Å². The van der Waals surface area contributed by atoms with Gasteiger partial charge in [-0.3, -0.25) is 28.8 Å². The average molecular weight is 673 g/mol. The number of nitrogens with one attached hydrogen (secondary N) is 6. The molecule has 0 radical (unpaired) electrons. The van der Waals surface area contributed by atoms with Crippen LogP contribution in [-0.4, -0.2) is 103 Å². The van der Waals surface area contributed by atoms with E-state index in [2.05, 4.69) is 36.6 Å². The Labute approximate surface area is 273 Å². The molecule has 46 heavy (non-hydrogen) atoms. The monoisotopic (exact) mass is 672 g/mol. The number of unbranched alkanes of at least 4 members (excludes halogenated alkanes) is 3. The number of hydrogen-bond acceptors (Lipinski definition) is 9. The molecule has 260 valence electrons. The average Bonchev–Trinajstić information content (AvgIpc) is 3.57.